The fourth-order valence-electron chi connectivity index (χ4n) is 3.66. The zero-order valence-electron chi connectivity index (χ0n) is 12.2. The van der Waals surface area contributed by atoms with Crippen molar-refractivity contribution in [1.82, 2.24) is 15.1 Å². The third kappa shape index (κ3) is 2.40. The number of nitrogens with zero attached hydrogens (tertiary/aromatic N) is 2. The molecule has 0 radical (unpaired) electrons. The van der Waals surface area contributed by atoms with Gasteiger partial charge in [0.2, 0.25) is 0 Å². The highest BCUT2D eigenvalue weighted by atomic mass is 15.4. The van der Waals surface area contributed by atoms with E-state index in [4.69, 9.17) is 5.73 Å². The molecule has 2 unspecified atom stereocenters. The fraction of sp³-hybridized carbons (Fsp3) is 0.412. The Kier molecular flexibility index (Phi) is 3.11. The van der Waals surface area contributed by atoms with Crippen LogP contribution in [-0.2, 0) is 6.42 Å². The summed E-state index contributed by atoms with van der Waals surface area (Å²) in [6, 6.07) is 9.43. The molecule has 4 heteroatoms. The summed E-state index contributed by atoms with van der Waals surface area (Å²) in [7, 11) is 0. The van der Waals surface area contributed by atoms with Gasteiger partial charge in [-0.25, -0.2) is 0 Å². The number of anilines is 1. The maximum absolute atomic E-state index is 5.74. The lowest BCUT2D eigenvalue weighted by Crippen LogP contribution is -2.56. The Balaban J connectivity index is 1.40. The Labute approximate surface area is 125 Å². The second-order valence-corrected chi connectivity index (χ2v) is 6.20. The Morgan fingerprint density at radius 1 is 1.19 bits per heavy atom. The molecule has 2 saturated heterocycles. The van der Waals surface area contributed by atoms with Gasteiger partial charge < -0.3 is 16.0 Å². The largest absolute Gasteiger partial charge is 0.399 e. The molecule has 3 heterocycles. The number of benzene rings is 1. The van der Waals surface area contributed by atoms with Gasteiger partial charge in [-0.3, -0.25) is 4.90 Å². The summed E-state index contributed by atoms with van der Waals surface area (Å²) in [5.74, 6) is 1.31. The van der Waals surface area contributed by atoms with Crippen LogP contribution in [0.5, 0.6) is 0 Å². The van der Waals surface area contributed by atoms with Gasteiger partial charge in [0, 0.05) is 31.9 Å². The molecule has 1 aromatic rings. The third-order valence-corrected chi connectivity index (χ3v) is 4.75. The van der Waals surface area contributed by atoms with Crippen molar-refractivity contribution >= 4 is 5.69 Å². The van der Waals surface area contributed by atoms with Crippen LogP contribution in [0.1, 0.15) is 5.56 Å². The summed E-state index contributed by atoms with van der Waals surface area (Å²) in [5, 5.41) is 3.53. The normalized spacial score (nSPS) is 27.2. The Bertz CT molecular complexity index is 575. The van der Waals surface area contributed by atoms with Crippen molar-refractivity contribution in [3.8, 4) is 0 Å². The van der Waals surface area contributed by atoms with Crippen LogP contribution in [-0.4, -0.2) is 48.1 Å². The van der Waals surface area contributed by atoms with E-state index in [1.165, 1.54) is 11.4 Å². The van der Waals surface area contributed by atoms with E-state index in [-0.39, 0.29) is 0 Å². The number of piperazine rings is 1. The van der Waals surface area contributed by atoms with E-state index in [1.54, 1.807) is 0 Å². The predicted octanol–water partition coefficient (Wildman–Crippen LogP) is 1.18. The number of rotatable bonds is 3. The van der Waals surface area contributed by atoms with Crippen molar-refractivity contribution in [3.05, 3.63) is 53.9 Å². The number of allylic oxidation sites excluding steroid dienone is 2. The molecule has 0 aliphatic carbocycles. The van der Waals surface area contributed by atoms with E-state index in [9.17, 15) is 0 Å². The van der Waals surface area contributed by atoms with Crippen LogP contribution in [0.3, 0.4) is 0 Å². The molecule has 2 atom stereocenters. The molecule has 0 bridgehead atoms. The lowest BCUT2D eigenvalue weighted by atomic mass is 10.0. The standard InChI is InChI=1S/C17H22N4/c18-14-6-4-13(5-7-14)8-9-20-11-15-2-1-3-17-19-10-16(12-20)21(15)17/h1-7,15-16,19H,8-12,18H2. The van der Waals surface area contributed by atoms with E-state index >= 15 is 0 Å². The average molecular weight is 282 g/mol. The average Bonchev–Trinajstić information content (AvgIpc) is 2.92. The molecule has 1 aromatic carbocycles. The first-order valence-electron chi connectivity index (χ1n) is 7.77. The number of hydrogen-bond donors (Lipinski definition) is 2. The van der Waals surface area contributed by atoms with Crippen LogP contribution in [0.2, 0.25) is 0 Å². The summed E-state index contributed by atoms with van der Waals surface area (Å²) in [6.07, 6.45) is 7.81. The summed E-state index contributed by atoms with van der Waals surface area (Å²) in [5.41, 5.74) is 7.96. The number of hydrogen-bond acceptors (Lipinski definition) is 4. The Hall–Kier alpha value is -1.94. The molecule has 0 spiro atoms. The quantitative estimate of drug-likeness (QED) is 0.817. The first kappa shape index (κ1) is 12.8. The minimum atomic E-state index is 0.533. The van der Waals surface area contributed by atoms with Gasteiger partial charge in [0.05, 0.1) is 12.1 Å². The molecule has 21 heavy (non-hydrogen) atoms. The molecule has 110 valence electrons. The number of nitrogens with two attached hydrogens (primary N) is 1. The van der Waals surface area contributed by atoms with Crippen molar-refractivity contribution in [3.63, 3.8) is 0 Å². The van der Waals surface area contributed by atoms with Gasteiger partial charge >= 0.3 is 0 Å². The molecular formula is C17H22N4. The highest BCUT2D eigenvalue weighted by Crippen LogP contribution is 2.27. The van der Waals surface area contributed by atoms with Gasteiger partial charge in [0.15, 0.2) is 0 Å². The zero-order valence-corrected chi connectivity index (χ0v) is 12.2. The SMILES string of the molecule is Nc1ccc(CCN2CC3C=CC=C4NCC(C2)N43)cc1. The van der Waals surface area contributed by atoms with Crippen molar-refractivity contribution in [2.24, 2.45) is 0 Å². The molecule has 0 amide bonds. The fourth-order valence-corrected chi connectivity index (χ4v) is 3.66. The molecule has 3 N–H and O–H groups in total. The molecule has 2 fully saturated rings. The lowest BCUT2D eigenvalue weighted by molar-refractivity contribution is 0.0930. The minimum Gasteiger partial charge on any atom is -0.399 e. The van der Waals surface area contributed by atoms with E-state index in [0.29, 0.717) is 12.1 Å². The van der Waals surface area contributed by atoms with Crippen molar-refractivity contribution in [2.75, 3.05) is 31.9 Å². The van der Waals surface area contributed by atoms with Crippen LogP contribution >= 0.6 is 0 Å². The summed E-state index contributed by atoms with van der Waals surface area (Å²) in [6.45, 7) is 4.48. The van der Waals surface area contributed by atoms with Gasteiger partial charge in [-0.2, -0.15) is 0 Å². The first-order valence-corrected chi connectivity index (χ1v) is 7.77. The van der Waals surface area contributed by atoms with Crippen LogP contribution in [0.25, 0.3) is 0 Å². The number of nitrogens with one attached hydrogen (secondary N) is 1. The van der Waals surface area contributed by atoms with Gasteiger partial charge in [-0.1, -0.05) is 24.3 Å². The second-order valence-electron chi connectivity index (χ2n) is 6.20. The summed E-state index contributed by atoms with van der Waals surface area (Å²) >= 11 is 0. The Morgan fingerprint density at radius 2 is 2.05 bits per heavy atom. The van der Waals surface area contributed by atoms with Crippen LogP contribution in [0.4, 0.5) is 5.69 Å². The first-order chi connectivity index (χ1) is 10.3. The van der Waals surface area contributed by atoms with Gasteiger partial charge in [0.1, 0.15) is 5.82 Å². The van der Waals surface area contributed by atoms with E-state index in [1.807, 2.05) is 12.1 Å². The van der Waals surface area contributed by atoms with Gasteiger partial charge in [0.25, 0.3) is 0 Å². The minimum absolute atomic E-state index is 0.533. The van der Waals surface area contributed by atoms with E-state index < -0.39 is 0 Å². The smallest absolute Gasteiger partial charge is 0.102 e. The molecule has 4 nitrogen and oxygen atoms in total. The molecule has 3 aliphatic rings. The second kappa shape index (κ2) is 5.11. The highest BCUT2D eigenvalue weighted by molar-refractivity contribution is 5.39. The lowest BCUT2D eigenvalue weighted by Gasteiger charge is -2.44. The van der Waals surface area contributed by atoms with Crippen molar-refractivity contribution < 1.29 is 0 Å². The monoisotopic (exact) mass is 282 g/mol. The van der Waals surface area contributed by atoms with Crippen LogP contribution in [0.15, 0.2) is 48.3 Å². The van der Waals surface area contributed by atoms with Gasteiger partial charge in [-0.05, 0) is 30.2 Å². The summed E-state index contributed by atoms with van der Waals surface area (Å²) < 4.78 is 0. The predicted molar refractivity (Wildman–Crippen MR) is 85.6 cm³/mol. The summed E-state index contributed by atoms with van der Waals surface area (Å²) in [4.78, 5) is 5.15. The van der Waals surface area contributed by atoms with Gasteiger partial charge in [-0.15, -0.1) is 0 Å². The van der Waals surface area contributed by atoms with E-state index in [0.717, 1.165) is 38.3 Å². The van der Waals surface area contributed by atoms with Crippen LogP contribution in [0, 0.1) is 0 Å². The zero-order chi connectivity index (χ0) is 14.2. The van der Waals surface area contributed by atoms with Crippen molar-refractivity contribution in [1.29, 1.82) is 0 Å². The Morgan fingerprint density at radius 3 is 2.90 bits per heavy atom. The maximum atomic E-state index is 5.74. The third-order valence-electron chi connectivity index (χ3n) is 4.75. The topological polar surface area (TPSA) is 44.5 Å². The van der Waals surface area contributed by atoms with Crippen LogP contribution < -0.4 is 11.1 Å². The molecule has 0 saturated carbocycles. The van der Waals surface area contributed by atoms with E-state index in [2.05, 4.69) is 45.5 Å². The highest BCUT2D eigenvalue weighted by Gasteiger charge is 2.38. The molecule has 0 aromatic heterocycles. The molecular weight excluding hydrogens is 260 g/mol. The molecule has 4 rings (SSSR count). The maximum Gasteiger partial charge on any atom is 0.102 e. The molecule has 3 aliphatic heterocycles. The van der Waals surface area contributed by atoms with Crippen molar-refractivity contribution in [2.45, 2.75) is 18.5 Å². The number of nitrogen functional groups attached to an aromatic ring is 1.